The van der Waals surface area contributed by atoms with E-state index in [1.165, 1.54) is 0 Å². The quantitative estimate of drug-likeness (QED) is 0.612. The molecule has 0 rings (SSSR count). The van der Waals surface area contributed by atoms with Gasteiger partial charge in [0.15, 0.2) is 7.29 Å². The maximum atomic E-state index is 13.8. The van der Waals surface area contributed by atoms with Crippen molar-refractivity contribution in [3.8, 4) is 0 Å². The summed E-state index contributed by atoms with van der Waals surface area (Å²) >= 11 is 0. The van der Waals surface area contributed by atoms with Crippen LogP contribution in [0.15, 0.2) is 0 Å². The Morgan fingerprint density at radius 3 is 1.26 bits per heavy atom. The van der Waals surface area contributed by atoms with E-state index in [1.807, 2.05) is 0 Å². The first-order valence-corrected chi connectivity index (χ1v) is 9.39. The molecule has 0 amide bonds. The van der Waals surface area contributed by atoms with E-state index in [-0.39, 0.29) is 28.3 Å². The zero-order valence-corrected chi connectivity index (χ0v) is 15.9. The molecule has 0 unspecified atom stereocenters. The van der Waals surface area contributed by atoms with E-state index in [0.717, 1.165) is 0 Å². The molecule has 0 saturated carbocycles. The molecular formula is C16H36NOP. The molecule has 0 atom stereocenters. The van der Waals surface area contributed by atoms with E-state index in [4.69, 9.17) is 0 Å². The minimum atomic E-state index is -2.41. The Morgan fingerprint density at radius 2 is 1.11 bits per heavy atom. The Hall–Kier alpha value is 0.190. The highest BCUT2D eigenvalue weighted by molar-refractivity contribution is 7.63. The van der Waals surface area contributed by atoms with Gasteiger partial charge in [0, 0.05) is 22.9 Å². The highest BCUT2D eigenvalue weighted by atomic mass is 31.2. The molecule has 0 aliphatic carbocycles. The second kappa shape index (κ2) is 5.90. The van der Waals surface area contributed by atoms with Gasteiger partial charge < -0.3 is 4.57 Å². The van der Waals surface area contributed by atoms with Crippen LogP contribution in [-0.2, 0) is 4.57 Å². The number of rotatable bonds is 5. The fourth-order valence-corrected chi connectivity index (χ4v) is 6.83. The summed E-state index contributed by atoms with van der Waals surface area (Å²) in [5.74, 6) is 0. The van der Waals surface area contributed by atoms with Gasteiger partial charge in [0.1, 0.15) is 0 Å². The van der Waals surface area contributed by atoms with Crippen LogP contribution >= 0.6 is 7.29 Å². The Balaban J connectivity index is 6.02. The third-order valence-electron chi connectivity index (χ3n) is 4.71. The van der Waals surface area contributed by atoms with Gasteiger partial charge >= 0.3 is 0 Å². The van der Waals surface area contributed by atoms with E-state index < -0.39 is 7.29 Å². The number of hydrogen-bond acceptors (Lipinski definition) is 1. The second-order valence-corrected chi connectivity index (χ2v) is 11.9. The van der Waals surface area contributed by atoms with E-state index in [0.29, 0.717) is 0 Å². The summed E-state index contributed by atoms with van der Waals surface area (Å²) in [7, 11) is -2.41. The molecule has 0 spiro atoms. The Kier molecular flexibility index (Phi) is 5.96. The molecule has 2 nitrogen and oxygen atoms in total. The molecule has 0 aliphatic rings. The molecule has 0 bridgehead atoms. The first-order chi connectivity index (χ1) is 8.20. The van der Waals surface area contributed by atoms with Crippen LogP contribution in [0.2, 0.25) is 0 Å². The molecule has 0 aromatic heterocycles. The average molecular weight is 289 g/mol. The summed E-state index contributed by atoms with van der Waals surface area (Å²) in [5, 5.41) is 0. The van der Waals surface area contributed by atoms with Crippen LogP contribution in [0.4, 0.5) is 0 Å². The molecule has 0 aliphatic heterocycles. The second-order valence-electron chi connectivity index (χ2n) is 8.11. The SMILES string of the molecule is CC(C)N(C(C)(C)C(C)(C)C)P(=O)(C(C)C)C(C)C. The predicted octanol–water partition coefficient (Wildman–Crippen LogP) is 5.62. The van der Waals surface area contributed by atoms with Gasteiger partial charge in [0.05, 0.1) is 0 Å². The minimum absolute atomic E-state index is 0.0801. The molecule has 0 saturated heterocycles. The third-order valence-corrected chi connectivity index (χ3v) is 9.31. The fraction of sp³-hybridized carbons (Fsp3) is 1.00. The number of hydrogen-bond donors (Lipinski definition) is 0. The van der Waals surface area contributed by atoms with Gasteiger partial charge in [-0.05, 0) is 33.1 Å². The van der Waals surface area contributed by atoms with Crippen molar-refractivity contribution < 1.29 is 4.57 Å². The van der Waals surface area contributed by atoms with Gasteiger partial charge in [-0.3, -0.25) is 0 Å². The van der Waals surface area contributed by atoms with Crippen LogP contribution in [0.1, 0.15) is 76.2 Å². The van der Waals surface area contributed by atoms with Crippen LogP contribution in [0, 0.1) is 5.41 Å². The normalized spacial score (nSPS) is 15.1. The fourth-order valence-electron chi connectivity index (χ4n) is 2.83. The summed E-state index contributed by atoms with van der Waals surface area (Å²) in [6.07, 6.45) is 0. The van der Waals surface area contributed by atoms with Crippen LogP contribution in [0.5, 0.6) is 0 Å². The summed E-state index contributed by atoms with van der Waals surface area (Å²) in [4.78, 5) is 0. The van der Waals surface area contributed by atoms with Crippen LogP contribution in [0.3, 0.4) is 0 Å². The third kappa shape index (κ3) is 3.45. The van der Waals surface area contributed by atoms with Crippen molar-refractivity contribution >= 4 is 7.29 Å². The lowest BCUT2D eigenvalue weighted by Gasteiger charge is -2.54. The summed E-state index contributed by atoms with van der Waals surface area (Å²) in [6.45, 7) is 24.0. The lowest BCUT2D eigenvalue weighted by Crippen LogP contribution is -2.55. The largest absolute Gasteiger partial charge is 0.306 e. The maximum absolute atomic E-state index is 13.8. The van der Waals surface area contributed by atoms with Crippen molar-refractivity contribution in [2.45, 2.75) is 99.1 Å². The molecule has 0 heterocycles. The zero-order chi connectivity index (χ0) is 15.8. The van der Waals surface area contributed by atoms with Gasteiger partial charge in [0.25, 0.3) is 0 Å². The lowest BCUT2D eigenvalue weighted by atomic mass is 9.76. The monoisotopic (exact) mass is 289 g/mol. The number of nitrogens with zero attached hydrogens (tertiary/aromatic N) is 1. The highest BCUT2D eigenvalue weighted by Crippen LogP contribution is 2.63. The molecule has 3 heteroatoms. The lowest BCUT2D eigenvalue weighted by molar-refractivity contribution is 0.0655. The van der Waals surface area contributed by atoms with Gasteiger partial charge in [0.2, 0.25) is 0 Å². The van der Waals surface area contributed by atoms with Crippen LogP contribution in [-0.4, -0.2) is 27.6 Å². The molecule has 0 aromatic rings. The van der Waals surface area contributed by atoms with Gasteiger partial charge in [-0.1, -0.05) is 48.5 Å². The summed E-state index contributed by atoms with van der Waals surface area (Å²) < 4.78 is 16.1. The zero-order valence-electron chi connectivity index (χ0n) is 15.0. The molecular weight excluding hydrogens is 253 g/mol. The van der Waals surface area contributed by atoms with Crippen LogP contribution < -0.4 is 0 Å². The Bertz CT molecular complexity index is 325. The highest BCUT2D eigenvalue weighted by Gasteiger charge is 2.50. The predicted molar refractivity (Wildman–Crippen MR) is 88.4 cm³/mol. The van der Waals surface area contributed by atoms with Gasteiger partial charge in [-0.15, -0.1) is 0 Å². The van der Waals surface area contributed by atoms with Crippen molar-refractivity contribution in [2.24, 2.45) is 5.41 Å². The van der Waals surface area contributed by atoms with Crippen molar-refractivity contribution in [1.29, 1.82) is 0 Å². The first kappa shape index (κ1) is 19.2. The van der Waals surface area contributed by atoms with Gasteiger partial charge in [-0.2, -0.15) is 0 Å². The van der Waals surface area contributed by atoms with Crippen LogP contribution in [0.25, 0.3) is 0 Å². The topological polar surface area (TPSA) is 20.3 Å². The van der Waals surface area contributed by atoms with Crippen molar-refractivity contribution in [1.82, 2.24) is 4.67 Å². The van der Waals surface area contributed by atoms with E-state index in [1.54, 1.807) is 0 Å². The average Bonchev–Trinajstić information content (AvgIpc) is 2.13. The summed E-state index contributed by atoms with van der Waals surface area (Å²) in [6, 6.07) is 0.282. The van der Waals surface area contributed by atoms with E-state index in [9.17, 15) is 4.57 Å². The smallest absolute Gasteiger partial charge is 0.155 e. The van der Waals surface area contributed by atoms with Crippen molar-refractivity contribution in [2.75, 3.05) is 0 Å². The Morgan fingerprint density at radius 1 is 0.789 bits per heavy atom. The molecule has 19 heavy (non-hydrogen) atoms. The standard InChI is InChI=1S/C16H36NOP/c1-12(2)17(16(10,11)15(7,8)9)19(18,13(3)4)14(5)6/h12-14H,1-11H3. The van der Waals surface area contributed by atoms with Crippen molar-refractivity contribution in [3.05, 3.63) is 0 Å². The minimum Gasteiger partial charge on any atom is -0.306 e. The Labute approximate surface area is 121 Å². The molecule has 0 fully saturated rings. The first-order valence-electron chi connectivity index (χ1n) is 7.59. The summed E-state index contributed by atoms with van der Waals surface area (Å²) in [5.41, 5.74) is 0.357. The van der Waals surface area contributed by atoms with E-state index >= 15 is 0 Å². The molecule has 0 aromatic carbocycles. The maximum Gasteiger partial charge on any atom is 0.155 e. The molecule has 0 radical (unpaired) electrons. The van der Waals surface area contributed by atoms with Crippen molar-refractivity contribution in [3.63, 3.8) is 0 Å². The molecule has 116 valence electrons. The van der Waals surface area contributed by atoms with E-state index in [2.05, 4.69) is 80.8 Å². The van der Waals surface area contributed by atoms with Gasteiger partial charge in [-0.25, -0.2) is 4.67 Å². The molecule has 0 N–H and O–H groups in total.